The number of rotatable bonds is 5. The predicted octanol–water partition coefficient (Wildman–Crippen LogP) is 2.50. The van der Waals surface area contributed by atoms with Gasteiger partial charge in [0, 0.05) is 36.9 Å². The molecule has 0 unspecified atom stereocenters. The van der Waals surface area contributed by atoms with Crippen LogP contribution in [0, 0.1) is 5.92 Å². The lowest BCUT2D eigenvalue weighted by molar-refractivity contribution is 0.101. The minimum Gasteiger partial charge on any atom is -0.334 e. The molecule has 1 saturated heterocycles. The van der Waals surface area contributed by atoms with E-state index in [1.165, 1.54) is 26.3 Å². The molecule has 2 amide bonds. The van der Waals surface area contributed by atoms with Crippen LogP contribution in [0.25, 0.3) is 0 Å². The summed E-state index contributed by atoms with van der Waals surface area (Å²) in [7, 11) is 0. The molecule has 2 N–H and O–H groups in total. The van der Waals surface area contributed by atoms with Crippen molar-refractivity contribution in [2.24, 2.45) is 5.92 Å². The molecule has 5 nitrogen and oxygen atoms in total. The largest absolute Gasteiger partial charge is 0.334 e. The second-order valence-corrected chi connectivity index (χ2v) is 6.42. The lowest BCUT2D eigenvalue weighted by Crippen LogP contribution is -2.39. The van der Waals surface area contributed by atoms with Gasteiger partial charge in [0.25, 0.3) is 0 Å². The average molecular weight is 301 g/mol. The van der Waals surface area contributed by atoms with E-state index >= 15 is 0 Å². The third-order valence-electron chi connectivity index (χ3n) is 4.35. The van der Waals surface area contributed by atoms with E-state index in [-0.39, 0.29) is 17.9 Å². The number of amides is 2. The van der Waals surface area contributed by atoms with Crippen LogP contribution >= 0.6 is 0 Å². The van der Waals surface area contributed by atoms with Gasteiger partial charge in [-0.3, -0.25) is 4.79 Å². The van der Waals surface area contributed by atoms with Crippen molar-refractivity contribution in [3.8, 4) is 0 Å². The molecule has 1 atom stereocenters. The highest BCUT2D eigenvalue weighted by Crippen LogP contribution is 2.30. The van der Waals surface area contributed by atoms with Gasteiger partial charge in [0.15, 0.2) is 5.78 Å². The van der Waals surface area contributed by atoms with Gasteiger partial charge in [-0.05, 0) is 44.2 Å². The Morgan fingerprint density at radius 3 is 2.82 bits per heavy atom. The van der Waals surface area contributed by atoms with Gasteiger partial charge < -0.3 is 15.5 Å². The number of likely N-dealkylation sites (tertiary alicyclic amines) is 1. The van der Waals surface area contributed by atoms with E-state index in [9.17, 15) is 9.59 Å². The summed E-state index contributed by atoms with van der Waals surface area (Å²) in [5.74, 6) is 0.887. The smallest absolute Gasteiger partial charge is 0.319 e. The maximum atomic E-state index is 12.1. The van der Waals surface area contributed by atoms with Crippen molar-refractivity contribution in [3.05, 3.63) is 29.8 Å². The summed E-state index contributed by atoms with van der Waals surface area (Å²) in [6.07, 6.45) is 3.73. The van der Waals surface area contributed by atoms with Gasteiger partial charge in [0.1, 0.15) is 0 Å². The fraction of sp³-hybridized carbons (Fsp3) is 0.529. The zero-order valence-electron chi connectivity index (χ0n) is 13.0. The Morgan fingerprint density at radius 2 is 2.09 bits per heavy atom. The maximum Gasteiger partial charge on any atom is 0.319 e. The zero-order chi connectivity index (χ0) is 15.5. The van der Waals surface area contributed by atoms with Crippen molar-refractivity contribution in [1.29, 1.82) is 0 Å². The number of carbonyl (C=O) groups is 2. The second-order valence-electron chi connectivity index (χ2n) is 6.42. The van der Waals surface area contributed by atoms with E-state index in [0.717, 1.165) is 25.4 Å². The minimum atomic E-state index is -0.195. The van der Waals surface area contributed by atoms with Crippen LogP contribution in [0.3, 0.4) is 0 Å². The molecule has 1 aromatic rings. The van der Waals surface area contributed by atoms with Gasteiger partial charge in [-0.1, -0.05) is 12.1 Å². The van der Waals surface area contributed by atoms with E-state index in [1.807, 2.05) is 0 Å². The number of nitrogens with one attached hydrogen (secondary N) is 2. The van der Waals surface area contributed by atoms with Crippen molar-refractivity contribution in [2.45, 2.75) is 32.2 Å². The topological polar surface area (TPSA) is 61.4 Å². The summed E-state index contributed by atoms with van der Waals surface area (Å²) in [4.78, 5) is 25.9. The fourth-order valence-corrected chi connectivity index (χ4v) is 2.95. The maximum absolute atomic E-state index is 12.1. The summed E-state index contributed by atoms with van der Waals surface area (Å²) >= 11 is 0. The van der Waals surface area contributed by atoms with Gasteiger partial charge in [-0.15, -0.1) is 0 Å². The monoisotopic (exact) mass is 301 g/mol. The molecule has 1 heterocycles. The summed E-state index contributed by atoms with van der Waals surface area (Å²) in [6, 6.07) is 7.04. The van der Waals surface area contributed by atoms with Gasteiger partial charge >= 0.3 is 6.03 Å². The Balaban J connectivity index is 1.48. The predicted molar refractivity (Wildman–Crippen MR) is 86.2 cm³/mol. The van der Waals surface area contributed by atoms with Crippen LogP contribution in [0.1, 0.15) is 36.5 Å². The zero-order valence-corrected chi connectivity index (χ0v) is 13.0. The van der Waals surface area contributed by atoms with Crippen LogP contribution in [-0.2, 0) is 0 Å². The first-order valence-corrected chi connectivity index (χ1v) is 8.01. The first-order chi connectivity index (χ1) is 10.6. The van der Waals surface area contributed by atoms with Crippen molar-refractivity contribution < 1.29 is 9.59 Å². The van der Waals surface area contributed by atoms with Crippen molar-refractivity contribution in [3.63, 3.8) is 0 Å². The van der Waals surface area contributed by atoms with Crippen molar-refractivity contribution >= 4 is 17.5 Å². The first-order valence-electron chi connectivity index (χ1n) is 8.01. The fourth-order valence-electron chi connectivity index (χ4n) is 2.95. The molecule has 118 valence electrons. The molecule has 1 aliphatic carbocycles. The van der Waals surface area contributed by atoms with E-state index in [4.69, 9.17) is 0 Å². The molecule has 0 radical (unpaired) electrons. The van der Waals surface area contributed by atoms with E-state index in [0.29, 0.717) is 11.3 Å². The highest BCUT2D eigenvalue weighted by atomic mass is 16.2. The van der Waals surface area contributed by atoms with Crippen LogP contribution in [0.4, 0.5) is 10.5 Å². The van der Waals surface area contributed by atoms with E-state index in [1.54, 1.807) is 24.3 Å². The molecule has 22 heavy (non-hydrogen) atoms. The van der Waals surface area contributed by atoms with Gasteiger partial charge in [-0.2, -0.15) is 0 Å². The quantitative estimate of drug-likeness (QED) is 0.821. The molecule has 0 aromatic heterocycles. The van der Waals surface area contributed by atoms with Crippen molar-refractivity contribution in [2.75, 3.05) is 25.0 Å². The van der Waals surface area contributed by atoms with Gasteiger partial charge in [-0.25, -0.2) is 4.79 Å². The summed E-state index contributed by atoms with van der Waals surface area (Å²) < 4.78 is 0. The standard InChI is InChI=1S/C17H23N3O2/c1-12(21)14-3-2-4-15(9-14)18-17(22)19-16-7-8-20(11-16)10-13-5-6-13/h2-4,9,13,16H,5-8,10-11H2,1H3,(H2,18,19,22)/t16-/m0/s1. The Labute approximate surface area is 131 Å². The Hall–Kier alpha value is -1.88. The highest BCUT2D eigenvalue weighted by Gasteiger charge is 2.29. The van der Waals surface area contributed by atoms with Gasteiger partial charge in [0.05, 0.1) is 0 Å². The lowest BCUT2D eigenvalue weighted by atomic mass is 10.1. The van der Waals surface area contributed by atoms with Gasteiger partial charge in [0.2, 0.25) is 0 Å². The number of nitrogens with zero attached hydrogens (tertiary/aromatic N) is 1. The molecule has 3 rings (SSSR count). The van der Waals surface area contributed by atoms with E-state index < -0.39 is 0 Å². The summed E-state index contributed by atoms with van der Waals surface area (Å²) in [6.45, 7) is 4.71. The summed E-state index contributed by atoms with van der Waals surface area (Å²) in [5, 5.41) is 5.83. The van der Waals surface area contributed by atoms with Crippen LogP contribution in [-0.4, -0.2) is 42.4 Å². The number of hydrogen-bond donors (Lipinski definition) is 2. The molecule has 0 spiro atoms. The molecule has 1 aliphatic heterocycles. The third kappa shape index (κ3) is 4.07. The number of anilines is 1. The first kappa shape index (κ1) is 15.0. The Kier molecular flexibility index (Phi) is 4.43. The highest BCUT2D eigenvalue weighted by molar-refractivity contribution is 5.96. The van der Waals surface area contributed by atoms with Crippen molar-refractivity contribution in [1.82, 2.24) is 10.2 Å². The number of ketones is 1. The van der Waals surface area contributed by atoms with Crippen LogP contribution in [0.15, 0.2) is 24.3 Å². The Bertz CT molecular complexity index is 569. The molecule has 2 aliphatic rings. The third-order valence-corrected chi connectivity index (χ3v) is 4.35. The average Bonchev–Trinajstić information content (AvgIpc) is 3.18. The lowest BCUT2D eigenvalue weighted by Gasteiger charge is -2.16. The van der Waals surface area contributed by atoms with Crippen LogP contribution in [0.2, 0.25) is 0 Å². The number of Topliss-reactive ketones (excluding diaryl/α,β-unsaturated/α-hetero) is 1. The molecule has 1 aromatic carbocycles. The molecular weight excluding hydrogens is 278 g/mol. The summed E-state index contributed by atoms with van der Waals surface area (Å²) in [5.41, 5.74) is 1.26. The van der Waals surface area contributed by atoms with Crippen LogP contribution in [0.5, 0.6) is 0 Å². The number of urea groups is 1. The molecule has 0 bridgehead atoms. The molecule has 1 saturated carbocycles. The molecular formula is C17H23N3O2. The SMILES string of the molecule is CC(=O)c1cccc(NC(=O)N[C@H]2CCN(CC3CC3)C2)c1. The minimum absolute atomic E-state index is 0.00410. The second kappa shape index (κ2) is 6.48. The number of hydrogen-bond acceptors (Lipinski definition) is 3. The number of carbonyl (C=O) groups excluding carboxylic acids is 2. The Morgan fingerprint density at radius 1 is 1.27 bits per heavy atom. The number of benzene rings is 1. The van der Waals surface area contributed by atoms with Crippen LogP contribution < -0.4 is 10.6 Å². The normalized spacial score (nSPS) is 21.6. The molecule has 2 fully saturated rings. The van der Waals surface area contributed by atoms with E-state index in [2.05, 4.69) is 15.5 Å². The molecule has 5 heteroatoms.